The summed E-state index contributed by atoms with van der Waals surface area (Å²) >= 11 is 0.972. The molecule has 0 atom stereocenters. The van der Waals surface area contributed by atoms with E-state index in [9.17, 15) is 14.4 Å². The number of rotatable bonds is 6. The smallest absolute Gasteiger partial charge is 0.325 e. The summed E-state index contributed by atoms with van der Waals surface area (Å²) in [6.07, 6.45) is 0.373. The Balaban J connectivity index is 3.05. The van der Waals surface area contributed by atoms with Gasteiger partial charge in [-0.2, -0.15) is 0 Å². The second-order valence-corrected chi connectivity index (χ2v) is 5.84. The van der Waals surface area contributed by atoms with Crippen LogP contribution in [0.5, 0.6) is 0 Å². The third-order valence-corrected chi connectivity index (χ3v) is 4.17. The van der Waals surface area contributed by atoms with Crippen LogP contribution < -0.4 is 4.90 Å². The van der Waals surface area contributed by atoms with Crippen molar-refractivity contribution in [3.8, 4) is 0 Å². The summed E-state index contributed by atoms with van der Waals surface area (Å²) in [6, 6.07) is 5.65. The Labute approximate surface area is 135 Å². The maximum Gasteiger partial charge on any atom is 0.325 e. The number of para-hydroxylation sites is 1. The number of aryl methyl sites for hydroxylation is 2. The Morgan fingerprint density at radius 3 is 2.27 bits per heavy atom. The summed E-state index contributed by atoms with van der Waals surface area (Å²) in [5, 5.41) is -0.0483. The zero-order valence-electron chi connectivity index (χ0n) is 13.3. The lowest BCUT2D eigenvalue weighted by Crippen LogP contribution is -2.38. The Morgan fingerprint density at radius 1 is 1.18 bits per heavy atom. The first-order chi connectivity index (χ1) is 10.4. The number of esters is 1. The first kappa shape index (κ1) is 18.2. The molecule has 5 nitrogen and oxygen atoms in total. The van der Waals surface area contributed by atoms with Crippen molar-refractivity contribution < 1.29 is 19.1 Å². The Bertz CT molecular complexity index is 551. The van der Waals surface area contributed by atoms with E-state index in [4.69, 9.17) is 0 Å². The van der Waals surface area contributed by atoms with Crippen LogP contribution in [-0.2, 0) is 19.1 Å². The van der Waals surface area contributed by atoms with Crippen LogP contribution in [0.15, 0.2) is 18.2 Å². The highest BCUT2D eigenvalue weighted by Crippen LogP contribution is 2.25. The highest BCUT2D eigenvalue weighted by Gasteiger charge is 2.23. The van der Waals surface area contributed by atoms with Crippen LogP contribution >= 0.6 is 11.8 Å². The van der Waals surface area contributed by atoms with Crippen LogP contribution in [0.3, 0.4) is 0 Å². The number of hydrogen-bond acceptors (Lipinski definition) is 5. The second kappa shape index (κ2) is 8.58. The highest BCUT2D eigenvalue weighted by atomic mass is 32.2. The van der Waals surface area contributed by atoms with E-state index in [0.717, 1.165) is 22.9 Å². The van der Waals surface area contributed by atoms with Gasteiger partial charge in [0, 0.05) is 6.42 Å². The molecule has 0 heterocycles. The number of thioether (sulfide) groups is 1. The standard InChI is InChI=1S/C16H21NO4S/c1-5-15(20)22-10-13(18)17(9-14(19)21-4)16-11(2)7-6-8-12(16)3/h6-8H,5,9-10H2,1-4H3. The van der Waals surface area contributed by atoms with Crippen LogP contribution in [0.1, 0.15) is 24.5 Å². The summed E-state index contributed by atoms with van der Waals surface area (Å²) in [4.78, 5) is 36.9. The molecule has 0 aliphatic rings. The maximum atomic E-state index is 12.5. The van der Waals surface area contributed by atoms with E-state index in [1.165, 1.54) is 12.0 Å². The fraction of sp³-hybridized carbons (Fsp3) is 0.438. The minimum atomic E-state index is -0.497. The van der Waals surface area contributed by atoms with Crippen LogP contribution in [0.4, 0.5) is 5.69 Å². The Morgan fingerprint density at radius 2 is 1.77 bits per heavy atom. The Hall–Kier alpha value is -1.82. The van der Waals surface area contributed by atoms with E-state index in [2.05, 4.69) is 4.74 Å². The predicted octanol–water partition coefficient (Wildman–Crippen LogP) is 2.48. The summed E-state index contributed by atoms with van der Waals surface area (Å²) in [6.45, 7) is 5.34. The number of carbonyl (C=O) groups excluding carboxylic acids is 3. The molecule has 0 aliphatic carbocycles. The third-order valence-electron chi connectivity index (χ3n) is 3.17. The molecule has 1 rings (SSSR count). The topological polar surface area (TPSA) is 63.7 Å². The molecule has 0 saturated heterocycles. The monoisotopic (exact) mass is 323 g/mol. The first-order valence-electron chi connectivity index (χ1n) is 6.99. The summed E-state index contributed by atoms with van der Waals surface area (Å²) in [7, 11) is 1.28. The molecule has 0 bridgehead atoms. The molecule has 0 fully saturated rings. The van der Waals surface area contributed by atoms with E-state index >= 15 is 0 Å². The van der Waals surface area contributed by atoms with Gasteiger partial charge in [0.05, 0.1) is 18.6 Å². The fourth-order valence-corrected chi connectivity index (χ4v) is 2.68. The van der Waals surface area contributed by atoms with Crippen LogP contribution in [0.2, 0.25) is 0 Å². The lowest BCUT2D eigenvalue weighted by molar-refractivity contribution is -0.139. The van der Waals surface area contributed by atoms with Gasteiger partial charge in [0.15, 0.2) is 5.12 Å². The lowest BCUT2D eigenvalue weighted by Gasteiger charge is -2.25. The van der Waals surface area contributed by atoms with Gasteiger partial charge in [0.25, 0.3) is 0 Å². The molecule has 1 aromatic carbocycles. The molecule has 1 aromatic rings. The van der Waals surface area contributed by atoms with Gasteiger partial charge in [-0.1, -0.05) is 36.9 Å². The van der Waals surface area contributed by atoms with E-state index in [0.29, 0.717) is 12.1 Å². The zero-order valence-corrected chi connectivity index (χ0v) is 14.2. The van der Waals surface area contributed by atoms with Gasteiger partial charge in [0.2, 0.25) is 5.91 Å². The molecular weight excluding hydrogens is 302 g/mol. The molecule has 0 unspecified atom stereocenters. The van der Waals surface area contributed by atoms with E-state index in [-0.39, 0.29) is 23.3 Å². The van der Waals surface area contributed by atoms with Gasteiger partial charge in [-0.05, 0) is 25.0 Å². The average molecular weight is 323 g/mol. The first-order valence-corrected chi connectivity index (χ1v) is 7.98. The molecule has 1 amide bonds. The van der Waals surface area contributed by atoms with E-state index < -0.39 is 5.97 Å². The van der Waals surface area contributed by atoms with Crippen molar-refractivity contribution in [2.24, 2.45) is 0 Å². The van der Waals surface area contributed by atoms with Gasteiger partial charge in [0.1, 0.15) is 6.54 Å². The number of anilines is 1. The molecule has 0 N–H and O–H groups in total. The number of methoxy groups -OCH3 is 1. The van der Waals surface area contributed by atoms with Crippen molar-refractivity contribution in [3.63, 3.8) is 0 Å². The van der Waals surface area contributed by atoms with Gasteiger partial charge >= 0.3 is 5.97 Å². The minimum Gasteiger partial charge on any atom is -0.468 e. The average Bonchev–Trinajstić information content (AvgIpc) is 2.50. The SMILES string of the molecule is CCC(=O)SCC(=O)N(CC(=O)OC)c1c(C)cccc1C. The van der Waals surface area contributed by atoms with Crippen molar-refractivity contribution in [1.29, 1.82) is 0 Å². The highest BCUT2D eigenvalue weighted by molar-refractivity contribution is 8.14. The molecule has 120 valence electrons. The molecule has 0 radical (unpaired) electrons. The van der Waals surface area contributed by atoms with Crippen LogP contribution in [0, 0.1) is 13.8 Å². The fourth-order valence-electron chi connectivity index (χ4n) is 2.04. The summed E-state index contributed by atoms with van der Waals surface area (Å²) < 4.78 is 4.67. The van der Waals surface area contributed by atoms with Crippen molar-refractivity contribution in [2.45, 2.75) is 27.2 Å². The minimum absolute atomic E-state index is 0.0114. The lowest BCUT2D eigenvalue weighted by atomic mass is 10.1. The molecule has 6 heteroatoms. The predicted molar refractivity (Wildman–Crippen MR) is 88.0 cm³/mol. The molecule has 22 heavy (non-hydrogen) atoms. The molecule has 0 saturated carbocycles. The van der Waals surface area contributed by atoms with Crippen molar-refractivity contribution in [1.82, 2.24) is 0 Å². The number of benzene rings is 1. The number of ether oxygens (including phenoxy) is 1. The molecule has 0 aromatic heterocycles. The second-order valence-electron chi connectivity index (χ2n) is 4.81. The number of amides is 1. The summed E-state index contributed by atoms with van der Waals surface area (Å²) in [5.74, 6) is -0.769. The molecule has 0 spiro atoms. The number of hydrogen-bond donors (Lipinski definition) is 0. The van der Waals surface area contributed by atoms with Crippen LogP contribution in [-0.4, -0.2) is 36.4 Å². The quantitative estimate of drug-likeness (QED) is 0.753. The van der Waals surface area contributed by atoms with Gasteiger partial charge in [-0.15, -0.1) is 0 Å². The number of nitrogens with zero attached hydrogens (tertiary/aromatic N) is 1. The maximum absolute atomic E-state index is 12.5. The van der Waals surface area contributed by atoms with Crippen molar-refractivity contribution in [3.05, 3.63) is 29.3 Å². The van der Waals surface area contributed by atoms with Crippen LogP contribution in [0.25, 0.3) is 0 Å². The number of carbonyl (C=O) groups is 3. The summed E-state index contributed by atoms with van der Waals surface area (Å²) in [5.41, 5.74) is 2.48. The normalized spacial score (nSPS) is 10.2. The zero-order chi connectivity index (χ0) is 16.7. The van der Waals surface area contributed by atoms with Crippen molar-refractivity contribution >= 4 is 34.4 Å². The third kappa shape index (κ3) is 4.87. The molecule has 0 aliphatic heterocycles. The van der Waals surface area contributed by atoms with Gasteiger partial charge in [-0.3, -0.25) is 19.3 Å². The largest absolute Gasteiger partial charge is 0.468 e. The van der Waals surface area contributed by atoms with Gasteiger partial charge in [-0.25, -0.2) is 0 Å². The van der Waals surface area contributed by atoms with E-state index in [1.807, 2.05) is 32.0 Å². The van der Waals surface area contributed by atoms with Crippen molar-refractivity contribution in [2.75, 3.05) is 24.3 Å². The Kier molecular flexibility index (Phi) is 7.11. The van der Waals surface area contributed by atoms with E-state index in [1.54, 1.807) is 6.92 Å². The van der Waals surface area contributed by atoms with Gasteiger partial charge < -0.3 is 4.74 Å². The molecular formula is C16H21NO4S.